The lowest BCUT2D eigenvalue weighted by Crippen LogP contribution is -1.90. The Balaban J connectivity index is 0.000000184. The maximum atomic E-state index is 10.8. The third kappa shape index (κ3) is 4.17. The van der Waals surface area contributed by atoms with Gasteiger partial charge >= 0.3 is 0 Å². The van der Waals surface area contributed by atoms with E-state index in [0.29, 0.717) is 5.56 Å². The zero-order chi connectivity index (χ0) is 13.5. The molecule has 0 bridgehead atoms. The first-order valence-corrected chi connectivity index (χ1v) is 6.09. The highest BCUT2D eigenvalue weighted by atomic mass is 16.1. The molecule has 0 aliphatic rings. The molecule has 0 atom stereocenters. The van der Waals surface area contributed by atoms with Gasteiger partial charge in [-0.15, -0.1) is 0 Å². The molecule has 1 heterocycles. The number of Topliss-reactive ketones (excluding diaryl/α,β-unsaturated/α-hetero) is 1. The zero-order valence-electron chi connectivity index (χ0n) is 11.5. The average molecular weight is 244 g/mol. The summed E-state index contributed by atoms with van der Waals surface area (Å²) in [7, 11) is 1.80. The first-order chi connectivity index (χ1) is 8.54. The van der Waals surface area contributed by atoms with E-state index in [1.165, 1.54) is 5.56 Å². The van der Waals surface area contributed by atoms with Gasteiger partial charge in [-0.3, -0.25) is 9.48 Å². The molecule has 0 spiro atoms. The third-order valence-corrected chi connectivity index (χ3v) is 2.64. The summed E-state index contributed by atoms with van der Waals surface area (Å²) in [5.41, 5.74) is 2.92. The molecule has 3 heteroatoms. The van der Waals surface area contributed by atoms with Gasteiger partial charge in [-0.25, -0.2) is 0 Å². The van der Waals surface area contributed by atoms with E-state index >= 15 is 0 Å². The van der Waals surface area contributed by atoms with E-state index < -0.39 is 0 Å². The van der Waals surface area contributed by atoms with Crippen LogP contribution in [0.5, 0.6) is 0 Å². The van der Waals surface area contributed by atoms with Crippen LogP contribution in [0.1, 0.15) is 35.5 Å². The van der Waals surface area contributed by atoms with E-state index in [1.54, 1.807) is 24.9 Å². The number of nitrogens with zero attached hydrogens (tertiary/aromatic N) is 2. The number of rotatable bonds is 2. The number of hydrogen-bond acceptors (Lipinski definition) is 2. The van der Waals surface area contributed by atoms with Crippen LogP contribution in [-0.2, 0) is 13.5 Å². The van der Waals surface area contributed by atoms with Crippen molar-refractivity contribution in [2.24, 2.45) is 7.05 Å². The van der Waals surface area contributed by atoms with Crippen molar-refractivity contribution in [1.29, 1.82) is 0 Å². The summed E-state index contributed by atoms with van der Waals surface area (Å²) < 4.78 is 1.64. The number of hydrogen-bond donors (Lipinski definition) is 0. The standard InChI is InChI=1S/C8H10.C7H10N2O/c1-2-8-6-4-3-5-7-8;1-5-7(6(2)10)4-9(3)8-5/h3-7H,2H2,1H3;4H,1-3H3. The number of carbonyl (C=O) groups excluding carboxylic acids is 1. The summed E-state index contributed by atoms with van der Waals surface area (Å²) in [6.07, 6.45) is 2.87. The normalized spacial score (nSPS) is 9.56. The SMILES string of the molecule is CC(=O)c1cn(C)nc1C.CCc1ccccc1. The van der Waals surface area contributed by atoms with Crippen molar-refractivity contribution in [2.45, 2.75) is 27.2 Å². The fourth-order valence-corrected chi connectivity index (χ4v) is 1.66. The number of aryl methyl sites for hydroxylation is 3. The Morgan fingerprint density at radius 1 is 1.28 bits per heavy atom. The molecule has 1 aromatic carbocycles. The predicted octanol–water partition coefficient (Wildman–Crippen LogP) is 3.18. The zero-order valence-corrected chi connectivity index (χ0v) is 11.5. The van der Waals surface area contributed by atoms with Crippen LogP contribution in [0.4, 0.5) is 0 Å². The summed E-state index contributed by atoms with van der Waals surface area (Å²) in [5, 5.41) is 4.03. The summed E-state index contributed by atoms with van der Waals surface area (Å²) in [6, 6.07) is 10.5. The van der Waals surface area contributed by atoms with Crippen LogP contribution in [-0.4, -0.2) is 15.6 Å². The monoisotopic (exact) mass is 244 g/mol. The van der Waals surface area contributed by atoms with Crippen molar-refractivity contribution in [3.8, 4) is 0 Å². The van der Waals surface area contributed by atoms with Gasteiger partial charge in [-0.05, 0) is 25.8 Å². The molecule has 0 aliphatic heterocycles. The largest absolute Gasteiger partial charge is 0.294 e. The molecule has 0 aliphatic carbocycles. The number of aromatic nitrogens is 2. The molecular formula is C15H20N2O. The van der Waals surface area contributed by atoms with Crippen molar-refractivity contribution in [1.82, 2.24) is 9.78 Å². The lowest BCUT2D eigenvalue weighted by atomic mass is 10.2. The molecule has 0 saturated heterocycles. The first-order valence-electron chi connectivity index (χ1n) is 6.09. The molecule has 2 rings (SSSR count). The van der Waals surface area contributed by atoms with Crippen LogP contribution in [0.3, 0.4) is 0 Å². The maximum absolute atomic E-state index is 10.8. The first kappa shape index (κ1) is 14.2. The fraction of sp³-hybridized carbons (Fsp3) is 0.333. The molecule has 18 heavy (non-hydrogen) atoms. The fourth-order valence-electron chi connectivity index (χ4n) is 1.66. The van der Waals surface area contributed by atoms with Crippen LogP contribution >= 0.6 is 0 Å². The Morgan fingerprint density at radius 3 is 2.17 bits per heavy atom. The van der Waals surface area contributed by atoms with Crippen LogP contribution in [0.2, 0.25) is 0 Å². The predicted molar refractivity (Wildman–Crippen MR) is 73.8 cm³/mol. The smallest absolute Gasteiger partial charge is 0.163 e. The number of ketones is 1. The molecule has 0 fully saturated rings. The van der Waals surface area contributed by atoms with Crippen molar-refractivity contribution >= 4 is 5.78 Å². The molecule has 2 aromatic rings. The highest BCUT2D eigenvalue weighted by Gasteiger charge is 2.05. The molecule has 96 valence electrons. The van der Waals surface area contributed by atoms with Crippen molar-refractivity contribution in [3.63, 3.8) is 0 Å². The highest BCUT2D eigenvalue weighted by Crippen LogP contribution is 2.04. The van der Waals surface area contributed by atoms with Gasteiger partial charge in [0.2, 0.25) is 0 Å². The number of carbonyl (C=O) groups is 1. The van der Waals surface area contributed by atoms with E-state index in [-0.39, 0.29) is 5.78 Å². The minimum Gasteiger partial charge on any atom is -0.294 e. The average Bonchev–Trinajstić information content (AvgIpc) is 2.70. The summed E-state index contributed by atoms with van der Waals surface area (Å²) >= 11 is 0. The Hall–Kier alpha value is -1.90. The summed E-state index contributed by atoms with van der Waals surface area (Å²) in [5.74, 6) is 0.0746. The minimum absolute atomic E-state index is 0.0746. The van der Waals surface area contributed by atoms with Gasteiger partial charge in [0.15, 0.2) is 5.78 Å². The molecule has 0 N–H and O–H groups in total. The molecule has 0 unspecified atom stereocenters. The lowest BCUT2D eigenvalue weighted by Gasteiger charge is -1.89. The molecular weight excluding hydrogens is 224 g/mol. The summed E-state index contributed by atoms with van der Waals surface area (Å²) in [6.45, 7) is 5.54. The second-order valence-electron chi connectivity index (χ2n) is 4.20. The molecule has 0 radical (unpaired) electrons. The second kappa shape index (κ2) is 6.74. The van der Waals surface area contributed by atoms with Gasteiger partial charge < -0.3 is 0 Å². The quantitative estimate of drug-likeness (QED) is 0.760. The van der Waals surface area contributed by atoms with Crippen LogP contribution in [0.15, 0.2) is 36.5 Å². The topological polar surface area (TPSA) is 34.9 Å². The van der Waals surface area contributed by atoms with E-state index in [0.717, 1.165) is 12.1 Å². The van der Waals surface area contributed by atoms with Crippen LogP contribution in [0.25, 0.3) is 0 Å². The highest BCUT2D eigenvalue weighted by molar-refractivity contribution is 5.94. The molecule has 0 saturated carbocycles. The Morgan fingerprint density at radius 2 is 1.89 bits per heavy atom. The Kier molecular flexibility index (Phi) is 5.31. The third-order valence-electron chi connectivity index (χ3n) is 2.64. The summed E-state index contributed by atoms with van der Waals surface area (Å²) in [4.78, 5) is 10.8. The van der Waals surface area contributed by atoms with E-state index in [9.17, 15) is 4.79 Å². The van der Waals surface area contributed by atoms with Gasteiger partial charge in [0.05, 0.1) is 11.3 Å². The molecule has 0 amide bonds. The van der Waals surface area contributed by atoms with Crippen molar-refractivity contribution in [2.75, 3.05) is 0 Å². The van der Waals surface area contributed by atoms with E-state index in [4.69, 9.17) is 0 Å². The molecule has 1 aromatic heterocycles. The maximum Gasteiger partial charge on any atom is 0.163 e. The van der Waals surface area contributed by atoms with E-state index in [1.807, 2.05) is 13.0 Å². The number of benzene rings is 1. The minimum atomic E-state index is 0.0746. The van der Waals surface area contributed by atoms with Crippen molar-refractivity contribution in [3.05, 3.63) is 53.3 Å². The van der Waals surface area contributed by atoms with Crippen LogP contribution < -0.4 is 0 Å². The van der Waals surface area contributed by atoms with Gasteiger partial charge in [-0.1, -0.05) is 37.3 Å². The molecule has 3 nitrogen and oxygen atoms in total. The van der Waals surface area contributed by atoms with Gasteiger partial charge in [0.1, 0.15) is 0 Å². The van der Waals surface area contributed by atoms with Gasteiger partial charge in [0.25, 0.3) is 0 Å². The van der Waals surface area contributed by atoms with Gasteiger partial charge in [0, 0.05) is 13.2 Å². The Bertz CT molecular complexity index is 500. The van der Waals surface area contributed by atoms with Crippen molar-refractivity contribution < 1.29 is 4.79 Å². The lowest BCUT2D eigenvalue weighted by molar-refractivity contribution is 0.101. The van der Waals surface area contributed by atoms with Crippen LogP contribution in [0, 0.1) is 6.92 Å². The van der Waals surface area contributed by atoms with Gasteiger partial charge in [-0.2, -0.15) is 5.10 Å². The second-order valence-corrected chi connectivity index (χ2v) is 4.20. The van der Waals surface area contributed by atoms with E-state index in [2.05, 4.69) is 36.3 Å². The Labute approximate surface area is 108 Å².